The minimum atomic E-state index is 0.101. The van der Waals surface area contributed by atoms with Crippen LogP contribution in [0.2, 0.25) is 0 Å². The summed E-state index contributed by atoms with van der Waals surface area (Å²) in [4.78, 5) is 0. The van der Waals surface area contributed by atoms with Crippen molar-refractivity contribution >= 4 is 11.6 Å². The first-order chi connectivity index (χ1) is 9.25. The van der Waals surface area contributed by atoms with Gasteiger partial charge in [0.05, 0.1) is 5.38 Å². The Kier molecular flexibility index (Phi) is 3.65. The molecule has 1 aliphatic carbocycles. The summed E-state index contributed by atoms with van der Waals surface area (Å²) in [7, 11) is 0. The van der Waals surface area contributed by atoms with Crippen LogP contribution in [0.1, 0.15) is 42.4 Å². The van der Waals surface area contributed by atoms with Crippen LogP contribution in [0.5, 0.6) is 0 Å². The van der Waals surface area contributed by atoms with Crippen molar-refractivity contribution in [2.75, 3.05) is 0 Å². The van der Waals surface area contributed by atoms with Crippen molar-refractivity contribution in [2.24, 2.45) is 5.92 Å². The zero-order chi connectivity index (χ0) is 13.2. The Balaban J connectivity index is 1.89. The van der Waals surface area contributed by atoms with Gasteiger partial charge in [0.25, 0.3) is 0 Å². The molecule has 1 unspecified atom stereocenters. The molecular formula is C17H19ClO. The lowest BCUT2D eigenvalue weighted by Crippen LogP contribution is -2.03. The maximum atomic E-state index is 6.66. The molecule has 2 aromatic rings. The number of hydrogen-bond acceptors (Lipinski definition) is 1. The average Bonchev–Trinajstić information content (AvgIpc) is 3.08. The van der Waals surface area contributed by atoms with Crippen LogP contribution in [0.3, 0.4) is 0 Å². The second kappa shape index (κ2) is 5.42. The first kappa shape index (κ1) is 12.8. The van der Waals surface area contributed by atoms with E-state index < -0.39 is 0 Å². The molecule has 0 bridgehead atoms. The van der Waals surface area contributed by atoms with E-state index in [0.29, 0.717) is 5.92 Å². The Morgan fingerprint density at radius 2 is 1.84 bits per heavy atom. The average molecular weight is 275 g/mol. The van der Waals surface area contributed by atoms with Crippen LogP contribution in [0.15, 0.2) is 40.8 Å². The van der Waals surface area contributed by atoms with E-state index in [-0.39, 0.29) is 5.38 Å². The Bertz CT molecular complexity index is 538. The molecular weight excluding hydrogens is 256 g/mol. The molecule has 1 heterocycles. The van der Waals surface area contributed by atoms with Crippen molar-refractivity contribution in [3.8, 4) is 11.3 Å². The Hall–Kier alpha value is -1.21. The van der Waals surface area contributed by atoms with E-state index >= 15 is 0 Å². The van der Waals surface area contributed by atoms with E-state index in [1.165, 1.54) is 31.2 Å². The van der Waals surface area contributed by atoms with Gasteiger partial charge in [-0.05, 0) is 31.7 Å². The van der Waals surface area contributed by atoms with E-state index in [1.54, 1.807) is 0 Å². The molecule has 0 saturated heterocycles. The van der Waals surface area contributed by atoms with E-state index in [1.807, 2.05) is 25.1 Å². The molecule has 1 nitrogen and oxygen atoms in total. The van der Waals surface area contributed by atoms with Crippen LogP contribution >= 0.6 is 11.6 Å². The Labute approximate surface area is 119 Å². The predicted octanol–water partition coefficient (Wildman–Crippen LogP) is 5.73. The Morgan fingerprint density at radius 3 is 2.53 bits per heavy atom. The normalized spacial score (nSPS) is 17.8. The molecule has 100 valence electrons. The van der Waals surface area contributed by atoms with Crippen LogP contribution in [0, 0.1) is 12.8 Å². The lowest BCUT2D eigenvalue weighted by Gasteiger charge is -2.15. The molecule has 1 fully saturated rings. The molecule has 0 radical (unpaired) electrons. The van der Waals surface area contributed by atoms with Crippen LogP contribution in [-0.2, 0) is 0 Å². The van der Waals surface area contributed by atoms with Crippen molar-refractivity contribution in [2.45, 2.75) is 38.0 Å². The second-order valence-electron chi connectivity index (χ2n) is 5.43. The molecule has 2 heteroatoms. The zero-order valence-electron chi connectivity index (χ0n) is 11.2. The summed E-state index contributed by atoms with van der Waals surface area (Å²) < 4.78 is 5.90. The van der Waals surface area contributed by atoms with E-state index in [9.17, 15) is 0 Å². The number of aryl methyl sites for hydroxylation is 1. The van der Waals surface area contributed by atoms with Gasteiger partial charge in [-0.2, -0.15) is 0 Å². The van der Waals surface area contributed by atoms with Gasteiger partial charge < -0.3 is 4.42 Å². The van der Waals surface area contributed by atoms with Gasteiger partial charge in [0.15, 0.2) is 0 Å². The summed E-state index contributed by atoms with van der Waals surface area (Å²) in [5.74, 6) is 2.50. The molecule has 1 saturated carbocycles. The summed E-state index contributed by atoms with van der Waals surface area (Å²) in [5, 5.41) is 0.101. The van der Waals surface area contributed by atoms with Crippen LogP contribution in [0.25, 0.3) is 11.3 Å². The molecule has 0 amide bonds. The van der Waals surface area contributed by atoms with E-state index in [0.717, 1.165) is 17.1 Å². The lowest BCUT2D eigenvalue weighted by atomic mass is 9.97. The van der Waals surface area contributed by atoms with Gasteiger partial charge >= 0.3 is 0 Å². The van der Waals surface area contributed by atoms with E-state index in [4.69, 9.17) is 16.0 Å². The minimum absolute atomic E-state index is 0.101. The fourth-order valence-electron chi connectivity index (χ4n) is 3.02. The molecule has 3 rings (SSSR count). The fraction of sp³-hybridized carbons (Fsp3) is 0.412. The smallest absolute Gasteiger partial charge is 0.134 e. The van der Waals surface area contributed by atoms with Gasteiger partial charge in [-0.15, -0.1) is 11.6 Å². The van der Waals surface area contributed by atoms with Crippen molar-refractivity contribution in [3.63, 3.8) is 0 Å². The van der Waals surface area contributed by atoms with Crippen molar-refractivity contribution in [1.82, 2.24) is 0 Å². The number of halogens is 1. The highest BCUT2D eigenvalue weighted by atomic mass is 35.5. The quantitative estimate of drug-likeness (QED) is 0.652. The first-order valence-electron chi connectivity index (χ1n) is 7.05. The van der Waals surface area contributed by atoms with Crippen LogP contribution in [0.4, 0.5) is 0 Å². The molecule has 0 N–H and O–H groups in total. The number of hydrogen-bond donors (Lipinski definition) is 0. The standard InChI is InChI=1S/C17H19ClO/c1-12-15(17(18)14-9-5-6-10-14)11-16(19-12)13-7-3-2-4-8-13/h2-4,7-8,11,14,17H,5-6,9-10H2,1H3. The minimum Gasteiger partial charge on any atom is -0.461 e. The van der Waals surface area contributed by atoms with Crippen LogP contribution in [-0.4, -0.2) is 0 Å². The molecule has 0 spiro atoms. The summed E-state index contributed by atoms with van der Waals surface area (Å²) in [6, 6.07) is 12.3. The van der Waals surface area contributed by atoms with Gasteiger partial charge in [0.1, 0.15) is 11.5 Å². The Morgan fingerprint density at radius 1 is 1.16 bits per heavy atom. The summed E-state index contributed by atoms with van der Waals surface area (Å²) in [6.07, 6.45) is 5.13. The maximum absolute atomic E-state index is 6.66. The number of furan rings is 1. The van der Waals surface area contributed by atoms with Gasteiger partial charge in [-0.3, -0.25) is 0 Å². The third-order valence-electron chi connectivity index (χ3n) is 4.13. The van der Waals surface area contributed by atoms with Crippen molar-refractivity contribution < 1.29 is 4.42 Å². The van der Waals surface area contributed by atoms with Gasteiger partial charge in [0.2, 0.25) is 0 Å². The molecule has 1 aromatic heterocycles. The zero-order valence-corrected chi connectivity index (χ0v) is 12.0. The lowest BCUT2D eigenvalue weighted by molar-refractivity contribution is 0.505. The molecule has 19 heavy (non-hydrogen) atoms. The van der Waals surface area contributed by atoms with Gasteiger partial charge in [0, 0.05) is 11.1 Å². The first-order valence-corrected chi connectivity index (χ1v) is 7.49. The van der Waals surface area contributed by atoms with Gasteiger partial charge in [-0.1, -0.05) is 43.2 Å². The highest BCUT2D eigenvalue weighted by molar-refractivity contribution is 6.21. The number of rotatable bonds is 3. The second-order valence-corrected chi connectivity index (χ2v) is 5.90. The van der Waals surface area contributed by atoms with E-state index in [2.05, 4.69) is 18.2 Å². The monoisotopic (exact) mass is 274 g/mol. The summed E-state index contributed by atoms with van der Waals surface area (Å²) >= 11 is 6.66. The number of benzene rings is 1. The van der Waals surface area contributed by atoms with Crippen molar-refractivity contribution in [1.29, 1.82) is 0 Å². The third-order valence-corrected chi connectivity index (χ3v) is 4.72. The molecule has 0 aliphatic heterocycles. The molecule has 1 atom stereocenters. The highest BCUT2D eigenvalue weighted by Gasteiger charge is 2.27. The summed E-state index contributed by atoms with van der Waals surface area (Å²) in [6.45, 7) is 2.02. The molecule has 1 aliphatic rings. The SMILES string of the molecule is Cc1oc(-c2ccccc2)cc1C(Cl)C1CCCC1. The largest absolute Gasteiger partial charge is 0.461 e. The molecule has 1 aromatic carbocycles. The summed E-state index contributed by atoms with van der Waals surface area (Å²) in [5.41, 5.74) is 2.29. The maximum Gasteiger partial charge on any atom is 0.134 e. The van der Waals surface area contributed by atoms with Crippen LogP contribution < -0.4 is 0 Å². The van der Waals surface area contributed by atoms with Crippen molar-refractivity contribution in [3.05, 3.63) is 47.7 Å². The van der Waals surface area contributed by atoms with Gasteiger partial charge in [-0.25, -0.2) is 0 Å². The highest BCUT2D eigenvalue weighted by Crippen LogP contribution is 2.42. The predicted molar refractivity (Wildman–Crippen MR) is 79.4 cm³/mol. The third kappa shape index (κ3) is 2.57. The number of alkyl halides is 1. The fourth-order valence-corrected chi connectivity index (χ4v) is 3.49. The topological polar surface area (TPSA) is 13.1 Å².